The summed E-state index contributed by atoms with van der Waals surface area (Å²) in [6.45, 7) is 1.29. The average Bonchev–Trinajstić information content (AvgIpc) is 3.04. The minimum atomic E-state index is -0.840. The second-order valence-electron chi connectivity index (χ2n) is 5.34. The van der Waals surface area contributed by atoms with Gasteiger partial charge in [-0.3, -0.25) is 0 Å². The lowest BCUT2D eigenvalue weighted by Gasteiger charge is -2.21. The van der Waals surface area contributed by atoms with Crippen LogP contribution in [0.1, 0.15) is 29.7 Å². The van der Waals surface area contributed by atoms with Gasteiger partial charge in [0.1, 0.15) is 17.5 Å². The average molecular weight is 259 g/mol. The van der Waals surface area contributed by atoms with Gasteiger partial charge in [-0.15, -0.1) is 0 Å². The zero-order valence-electron chi connectivity index (χ0n) is 10.8. The van der Waals surface area contributed by atoms with Gasteiger partial charge in [-0.25, -0.2) is 4.98 Å². The molecule has 2 aliphatic rings. The van der Waals surface area contributed by atoms with Crippen LogP contribution in [0.2, 0.25) is 0 Å². The van der Waals surface area contributed by atoms with Gasteiger partial charge in [-0.1, -0.05) is 0 Å². The van der Waals surface area contributed by atoms with E-state index in [1.54, 1.807) is 0 Å². The van der Waals surface area contributed by atoms with Crippen molar-refractivity contribution in [1.82, 2.24) is 4.98 Å². The zero-order valence-corrected chi connectivity index (χ0v) is 10.8. The predicted octanol–water partition coefficient (Wildman–Crippen LogP) is 1.01. The van der Waals surface area contributed by atoms with Gasteiger partial charge in [-0.2, -0.15) is 5.26 Å². The number of ether oxygens (including phenoxy) is 1. The van der Waals surface area contributed by atoms with Gasteiger partial charge in [0.25, 0.3) is 0 Å². The zero-order chi connectivity index (χ0) is 13.3. The molecule has 2 heterocycles. The third-order valence-corrected chi connectivity index (χ3v) is 3.84. The van der Waals surface area contributed by atoms with Crippen LogP contribution in [0.5, 0.6) is 0 Å². The first-order valence-corrected chi connectivity index (χ1v) is 6.67. The van der Waals surface area contributed by atoms with E-state index in [2.05, 4.69) is 16.4 Å². The van der Waals surface area contributed by atoms with Crippen LogP contribution in [0.4, 0.5) is 5.82 Å². The quantitative estimate of drug-likeness (QED) is 0.847. The van der Waals surface area contributed by atoms with E-state index in [1.807, 2.05) is 6.07 Å². The normalized spacial score (nSPS) is 25.1. The molecule has 0 radical (unpaired) electrons. The Morgan fingerprint density at radius 3 is 3.16 bits per heavy atom. The van der Waals surface area contributed by atoms with Gasteiger partial charge in [0.2, 0.25) is 0 Å². The summed E-state index contributed by atoms with van der Waals surface area (Å²) in [4.78, 5) is 4.53. The number of aromatic nitrogens is 1. The second kappa shape index (κ2) is 4.80. The fourth-order valence-corrected chi connectivity index (χ4v) is 2.68. The van der Waals surface area contributed by atoms with Gasteiger partial charge in [0, 0.05) is 25.3 Å². The number of fused-ring (bicyclic) bond motifs is 1. The summed E-state index contributed by atoms with van der Waals surface area (Å²) < 4.78 is 5.20. The molecule has 1 unspecified atom stereocenters. The lowest BCUT2D eigenvalue weighted by Crippen LogP contribution is -2.37. The number of anilines is 1. The van der Waals surface area contributed by atoms with Gasteiger partial charge in [0.05, 0.1) is 12.2 Å². The molecule has 0 amide bonds. The number of aryl methyl sites for hydroxylation is 2. The second-order valence-corrected chi connectivity index (χ2v) is 5.34. The van der Waals surface area contributed by atoms with E-state index in [4.69, 9.17) is 4.74 Å². The summed E-state index contributed by atoms with van der Waals surface area (Å²) in [5.74, 6) is 0.587. The van der Waals surface area contributed by atoms with Gasteiger partial charge in [0.15, 0.2) is 0 Å². The van der Waals surface area contributed by atoms with Crippen molar-refractivity contribution >= 4 is 5.82 Å². The molecule has 5 heteroatoms. The summed E-state index contributed by atoms with van der Waals surface area (Å²) in [6, 6.07) is 4.10. The molecule has 1 aliphatic heterocycles. The van der Waals surface area contributed by atoms with E-state index < -0.39 is 5.60 Å². The first kappa shape index (κ1) is 12.4. The lowest BCUT2D eigenvalue weighted by atomic mass is 10.0. The number of nitrogens with one attached hydrogen (secondary N) is 1. The summed E-state index contributed by atoms with van der Waals surface area (Å²) in [6.07, 6.45) is 3.71. The fourth-order valence-electron chi connectivity index (χ4n) is 2.68. The molecule has 2 N–H and O–H groups in total. The highest BCUT2D eigenvalue weighted by Crippen LogP contribution is 2.26. The molecule has 1 saturated heterocycles. The molecular weight excluding hydrogens is 242 g/mol. The standard InChI is InChI=1S/C14H17N3O2/c15-7-11-6-10-2-1-3-12(10)17-13(11)16-8-14(18)4-5-19-9-14/h6,18H,1-5,8-9H2,(H,16,17). The molecule has 1 aliphatic carbocycles. The molecule has 1 atom stereocenters. The monoisotopic (exact) mass is 259 g/mol. The Balaban J connectivity index is 1.79. The first-order valence-electron chi connectivity index (χ1n) is 6.67. The van der Waals surface area contributed by atoms with Crippen molar-refractivity contribution < 1.29 is 9.84 Å². The Kier molecular flexibility index (Phi) is 3.13. The molecule has 3 rings (SSSR count). The largest absolute Gasteiger partial charge is 0.386 e. The van der Waals surface area contributed by atoms with E-state index >= 15 is 0 Å². The van der Waals surface area contributed by atoms with Crippen molar-refractivity contribution in [2.24, 2.45) is 0 Å². The number of hydrogen-bond acceptors (Lipinski definition) is 5. The van der Waals surface area contributed by atoms with Crippen LogP contribution in [-0.4, -0.2) is 35.5 Å². The number of nitriles is 1. The molecule has 19 heavy (non-hydrogen) atoms. The van der Waals surface area contributed by atoms with Crippen LogP contribution < -0.4 is 5.32 Å². The Hall–Kier alpha value is -1.64. The smallest absolute Gasteiger partial charge is 0.144 e. The van der Waals surface area contributed by atoms with Crippen LogP contribution in [0.25, 0.3) is 0 Å². The molecule has 1 aromatic heterocycles. The molecule has 5 nitrogen and oxygen atoms in total. The van der Waals surface area contributed by atoms with Gasteiger partial charge in [-0.05, 0) is 30.9 Å². The van der Waals surface area contributed by atoms with Crippen molar-refractivity contribution in [3.05, 3.63) is 22.9 Å². The Morgan fingerprint density at radius 2 is 2.42 bits per heavy atom. The molecule has 0 aromatic carbocycles. The summed E-state index contributed by atoms with van der Waals surface area (Å²) in [5.41, 5.74) is 1.98. The van der Waals surface area contributed by atoms with Crippen molar-refractivity contribution in [1.29, 1.82) is 5.26 Å². The van der Waals surface area contributed by atoms with Crippen LogP contribution >= 0.6 is 0 Å². The molecule has 0 saturated carbocycles. The fraction of sp³-hybridized carbons (Fsp3) is 0.571. The van der Waals surface area contributed by atoms with Crippen molar-refractivity contribution in [2.75, 3.05) is 25.1 Å². The van der Waals surface area contributed by atoms with E-state index in [-0.39, 0.29) is 0 Å². The van der Waals surface area contributed by atoms with E-state index in [1.165, 1.54) is 5.56 Å². The number of hydrogen-bond donors (Lipinski definition) is 2. The number of pyridine rings is 1. The van der Waals surface area contributed by atoms with Gasteiger partial charge >= 0.3 is 0 Å². The van der Waals surface area contributed by atoms with Crippen molar-refractivity contribution in [2.45, 2.75) is 31.3 Å². The third-order valence-electron chi connectivity index (χ3n) is 3.84. The topological polar surface area (TPSA) is 78.2 Å². The van der Waals surface area contributed by atoms with Crippen LogP contribution in [0.3, 0.4) is 0 Å². The molecule has 0 bridgehead atoms. The van der Waals surface area contributed by atoms with Gasteiger partial charge < -0.3 is 15.2 Å². The summed E-state index contributed by atoms with van der Waals surface area (Å²) in [5, 5.41) is 22.5. The predicted molar refractivity (Wildman–Crippen MR) is 69.9 cm³/mol. The maximum atomic E-state index is 10.2. The molecular formula is C14H17N3O2. The van der Waals surface area contributed by atoms with E-state index in [0.29, 0.717) is 37.6 Å². The summed E-state index contributed by atoms with van der Waals surface area (Å²) >= 11 is 0. The van der Waals surface area contributed by atoms with E-state index in [0.717, 1.165) is 25.0 Å². The van der Waals surface area contributed by atoms with Crippen molar-refractivity contribution in [3.8, 4) is 6.07 Å². The van der Waals surface area contributed by atoms with E-state index in [9.17, 15) is 10.4 Å². The lowest BCUT2D eigenvalue weighted by molar-refractivity contribution is 0.0381. The number of rotatable bonds is 3. The molecule has 1 aromatic rings. The minimum absolute atomic E-state index is 0.340. The highest BCUT2D eigenvalue weighted by molar-refractivity contribution is 5.55. The number of nitrogens with zero attached hydrogens (tertiary/aromatic N) is 2. The van der Waals surface area contributed by atoms with Crippen molar-refractivity contribution in [3.63, 3.8) is 0 Å². The maximum Gasteiger partial charge on any atom is 0.144 e. The Labute approximate surface area is 112 Å². The highest BCUT2D eigenvalue weighted by atomic mass is 16.5. The number of aliphatic hydroxyl groups is 1. The van der Waals surface area contributed by atoms with Crippen LogP contribution in [0, 0.1) is 11.3 Å². The Bertz CT molecular complexity index is 530. The molecule has 100 valence electrons. The molecule has 1 fully saturated rings. The third kappa shape index (κ3) is 2.42. The van der Waals surface area contributed by atoms with Crippen LogP contribution in [0.15, 0.2) is 6.07 Å². The first-order chi connectivity index (χ1) is 9.20. The highest BCUT2D eigenvalue weighted by Gasteiger charge is 2.32. The van der Waals surface area contributed by atoms with Crippen LogP contribution in [-0.2, 0) is 17.6 Å². The molecule has 0 spiro atoms. The minimum Gasteiger partial charge on any atom is -0.386 e. The summed E-state index contributed by atoms with van der Waals surface area (Å²) in [7, 11) is 0. The maximum absolute atomic E-state index is 10.2. The Morgan fingerprint density at radius 1 is 1.53 bits per heavy atom. The SMILES string of the molecule is N#Cc1cc2c(nc1NCC1(O)CCOC1)CCC2.